The van der Waals surface area contributed by atoms with E-state index in [-0.39, 0.29) is 18.3 Å². The fraction of sp³-hybridized carbons (Fsp3) is 0.364. The molecule has 4 heteroatoms. The van der Waals surface area contributed by atoms with Crippen molar-refractivity contribution in [1.82, 2.24) is 0 Å². The number of carbonyl (C=O) groups is 1. The molecule has 1 fully saturated rings. The number of hydrogen-bond donors (Lipinski definition) is 2. The number of benzene rings is 1. The number of phenols is 1. The number of aliphatic carboxylic acids is 1. The maximum atomic E-state index is 10.5. The predicted octanol–water partition coefficient (Wildman–Crippen LogP) is 0.961. The van der Waals surface area contributed by atoms with Gasteiger partial charge in [0.15, 0.2) is 0 Å². The Bertz CT molecular complexity index is 382. The second kappa shape index (κ2) is 3.90. The van der Waals surface area contributed by atoms with Crippen molar-refractivity contribution in [3.63, 3.8) is 0 Å². The largest absolute Gasteiger partial charge is 0.508 e. The number of ether oxygens (including phenoxy) is 1. The number of carboxylic acid groups (broad SMARTS) is 1. The Hall–Kier alpha value is -1.55. The Balaban J connectivity index is 2.15. The first-order chi connectivity index (χ1) is 7.15. The first-order valence-corrected chi connectivity index (χ1v) is 4.79. The summed E-state index contributed by atoms with van der Waals surface area (Å²) in [6.45, 7) is 0.725. The Morgan fingerprint density at radius 3 is 2.87 bits per heavy atom. The number of epoxide rings is 1. The number of rotatable bonds is 4. The van der Waals surface area contributed by atoms with Gasteiger partial charge in [-0.05, 0) is 17.2 Å². The Kier molecular flexibility index (Phi) is 2.60. The minimum atomic E-state index is -0.866. The van der Waals surface area contributed by atoms with E-state index in [1.165, 1.54) is 6.07 Å². The van der Waals surface area contributed by atoms with Crippen LogP contribution in [0.15, 0.2) is 18.2 Å². The average molecular weight is 208 g/mol. The third kappa shape index (κ3) is 2.70. The molecule has 1 saturated heterocycles. The van der Waals surface area contributed by atoms with E-state index in [1.54, 1.807) is 12.1 Å². The van der Waals surface area contributed by atoms with Crippen LogP contribution >= 0.6 is 0 Å². The van der Waals surface area contributed by atoms with Crippen molar-refractivity contribution in [2.45, 2.75) is 18.9 Å². The third-order valence-electron chi connectivity index (χ3n) is 2.35. The molecule has 2 rings (SSSR count). The van der Waals surface area contributed by atoms with Crippen LogP contribution in [-0.2, 0) is 22.4 Å². The highest BCUT2D eigenvalue weighted by Gasteiger charge is 2.24. The maximum absolute atomic E-state index is 10.5. The van der Waals surface area contributed by atoms with Crippen LogP contribution in [0.3, 0.4) is 0 Å². The van der Waals surface area contributed by atoms with Crippen LogP contribution < -0.4 is 0 Å². The van der Waals surface area contributed by atoms with E-state index >= 15 is 0 Å². The van der Waals surface area contributed by atoms with Crippen LogP contribution in [0.5, 0.6) is 5.75 Å². The minimum absolute atomic E-state index is 0.0151. The van der Waals surface area contributed by atoms with Crippen LogP contribution in [0.2, 0.25) is 0 Å². The molecule has 0 aromatic heterocycles. The summed E-state index contributed by atoms with van der Waals surface area (Å²) in [4.78, 5) is 10.5. The average Bonchev–Trinajstić information content (AvgIpc) is 2.94. The lowest BCUT2D eigenvalue weighted by molar-refractivity contribution is -0.136. The van der Waals surface area contributed by atoms with Crippen molar-refractivity contribution < 1.29 is 19.7 Å². The standard InChI is InChI=1S/C11H12O4/c12-10-2-1-7(4-11(13)14)3-8(10)5-9-6-15-9/h1-3,9,12H,4-6H2,(H,13,14). The van der Waals surface area contributed by atoms with Gasteiger partial charge in [0.1, 0.15) is 5.75 Å². The van der Waals surface area contributed by atoms with Crippen molar-refractivity contribution in [1.29, 1.82) is 0 Å². The number of hydrogen-bond acceptors (Lipinski definition) is 3. The SMILES string of the molecule is O=C(O)Cc1ccc(O)c(CC2CO2)c1. The highest BCUT2D eigenvalue weighted by atomic mass is 16.6. The molecule has 0 aliphatic carbocycles. The molecule has 1 aliphatic rings. The van der Waals surface area contributed by atoms with Gasteiger partial charge in [0.2, 0.25) is 0 Å². The van der Waals surface area contributed by atoms with Crippen molar-refractivity contribution in [3.8, 4) is 5.75 Å². The first kappa shape index (κ1) is 9.98. The van der Waals surface area contributed by atoms with Crippen molar-refractivity contribution in [2.75, 3.05) is 6.61 Å². The van der Waals surface area contributed by atoms with Crippen molar-refractivity contribution in [3.05, 3.63) is 29.3 Å². The molecule has 1 aliphatic heterocycles. The Labute approximate surface area is 87.1 Å². The minimum Gasteiger partial charge on any atom is -0.508 e. The molecule has 4 nitrogen and oxygen atoms in total. The van der Waals surface area contributed by atoms with Crippen LogP contribution in [0, 0.1) is 0 Å². The van der Waals surface area contributed by atoms with Gasteiger partial charge in [0, 0.05) is 6.42 Å². The van der Waals surface area contributed by atoms with Crippen LogP contribution in [0.4, 0.5) is 0 Å². The van der Waals surface area contributed by atoms with Crippen LogP contribution in [0.1, 0.15) is 11.1 Å². The van der Waals surface area contributed by atoms with Gasteiger partial charge in [0.05, 0.1) is 19.1 Å². The van der Waals surface area contributed by atoms with Crippen LogP contribution in [-0.4, -0.2) is 28.9 Å². The summed E-state index contributed by atoms with van der Waals surface area (Å²) in [6, 6.07) is 4.89. The van der Waals surface area contributed by atoms with Gasteiger partial charge in [-0.15, -0.1) is 0 Å². The lowest BCUT2D eigenvalue weighted by atomic mass is 10.0. The van der Waals surface area contributed by atoms with E-state index in [4.69, 9.17) is 9.84 Å². The maximum Gasteiger partial charge on any atom is 0.307 e. The second-order valence-corrected chi connectivity index (χ2v) is 3.69. The van der Waals surface area contributed by atoms with Crippen LogP contribution in [0.25, 0.3) is 0 Å². The lowest BCUT2D eigenvalue weighted by Crippen LogP contribution is -2.01. The van der Waals surface area contributed by atoms with E-state index in [9.17, 15) is 9.90 Å². The first-order valence-electron chi connectivity index (χ1n) is 4.79. The molecule has 15 heavy (non-hydrogen) atoms. The molecule has 0 bridgehead atoms. The highest BCUT2D eigenvalue weighted by molar-refractivity contribution is 5.70. The zero-order valence-corrected chi connectivity index (χ0v) is 8.14. The molecular formula is C11H12O4. The normalized spacial score (nSPS) is 18.8. The molecule has 1 atom stereocenters. The quantitative estimate of drug-likeness (QED) is 0.723. The van der Waals surface area contributed by atoms with E-state index in [2.05, 4.69) is 0 Å². The lowest BCUT2D eigenvalue weighted by Gasteiger charge is -2.04. The molecular weight excluding hydrogens is 196 g/mol. The summed E-state index contributed by atoms with van der Waals surface area (Å²) in [6.07, 6.45) is 0.828. The molecule has 0 radical (unpaired) electrons. The van der Waals surface area contributed by atoms with E-state index < -0.39 is 5.97 Å². The molecule has 80 valence electrons. The highest BCUT2D eigenvalue weighted by Crippen LogP contribution is 2.24. The molecule has 0 spiro atoms. The smallest absolute Gasteiger partial charge is 0.307 e. The monoisotopic (exact) mass is 208 g/mol. The predicted molar refractivity (Wildman–Crippen MR) is 52.9 cm³/mol. The molecule has 0 amide bonds. The molecule has 1 aromatic rings. The number of carboxylic acids is 1. The van der Waals surface area contributed by atoms with Crippen molar-refractivity contribution in [2.24, 2.45) is 0 Å². The molecule has 2 N–H and O–H groups in total. The summed E-state index contributed by atoms with van der Waals surface area (Å²) < 4.78 is 5.06. The zero-order valence-electron chi connectivity index (χ0n) is 8.14. The molecule has 1 aromatic carbocycles. The molecule has 0 saturated carbocycles. The van der Waals surface area contributed by atoms with Crippen molar-refractivity contribution >= 4 is 5.97 Å². The zero-order chi connectivity index (χ0) is 10.8. The van der Waals surface area contributed by atoms with Gasteiger partial charge in [-0.1, -0.05) is 12.1 Å². The second-order valence-electron chi connectivity index (χ2n) is 3.69. The van der Waals surface area contributed by atoms with Gasteiger partial charge in [-0.3, -0.25) is 4.79 Å². The van der Waals surface area contributed by atoms with Gasteiger partial charge >= 0.3 is 5.97 Å². The summed E-state index contributed by atoms with van der Waals surface area (Å²) in [5, 5.41) is 18.2. The summed E-state index contributed by atoms with van der Waals surface area (Å²) >= 11 is 0. The fourth-order valence-electron chi connectivity index (χ4n) is 1.52. The topological polar surface area (TPSA) is 70.1 Å². The number of aromatic hydroxyl groups is 1. The molecule has 1 unspecified atom stereocenters. The Morgan fingerprint density at radius 1 is 1.53 bits per heavy atom. The van der Waals surface area contributed by atoms with Gasteiger partial charge in [0.25, 0.3) is 0 Å². The summed E-state index contributed by atoms with van der Waals surface area (Å²) in [5.41, 5.74) is 1.47. The van der Waals surface area contributed by atoms with E-state index in [0.717, 1.165) is 12.2 Å². The van der Waals surface area contributed by atoms with E-state index in [1.807, 2.05) is 0 Å². The third-order valence-corrected chi connectivity index (χ3v) is 2.35. The van der Waals surface area contributed by atoms with Gasteiger partial charge in [-0.25, -0.2) is 0 Å². The number of phenolic OH excluding ortho intramolecular Hbond substituents is 1. The Morgan fingerprint density at radius 2 is 2.27 bits per heavy atom. The summed E-state index contributed by atoms with van der Waals surface area (Å²) in [5.74, 6) is -0.658. The fourth-order valence-corrected chi connectivity index (χ4v) is 1.52. The summed E-state index contributed by atoms with van der Waals surface area (Å²) in [7, 11) is 0. The van der Waals surface area contributed by atoms with Gasteiger partial charge < -0.3 is 14.9 Å². The van der Waals surface area contributed by atoms with Gasteiger partial charge in [-0.2, -0.15) is 0 Å². The van der Waals surface area contributed by atoms with E-state index in [0.29, 0.717) is 12.0 Å². The molecule has 1 heterocycles.